The fourth-order valence-electron chi connectivity index (χ4n) is 2.38. The molecule has 2 atom stereocenters. The Morgan fingerprint density at radius 3 is 2.53 bits per heavy atom. The highest BCUT2D eigenvalue weighted by molar-refractivity contribution is 5.29. The number of aliphatic hydroxyl groups excluding tert-OH is 1. The van der Waals surface area contributed by atoms with Crippen LogP contribution < -0.4 is 5.73 Å². The minimum atomic E-state index is -0.573. The summed E-state index contributed by atoms with van der Waals surface area (Å²) in [5, 5.41) is 14.3. The maximum absolute atomic E-state index is 10.3. The summed E-state index contributed by atoms with van der Waals surface area (Å²) in [6.07, 6.45) is 1.50. The number of aryl methyl sites for hydroxylation is 1. The van der Waals surface area contributed by atoms with Crippen LogP contribution in [-0.4, -0.2) is 32.5 Å². The van der Waals surface area contributed by atoms with Gasteiger partial charge in [-0.2, -0.15) is 5.10 Å². The molecule has 0 amide bonds. The van der Waals surface area contributed by atoms with Gasteiger partial charge in [0.2, 0.25) is 0 Å². The van der Waals surface area contributed by atoms with Crippen molar-refractivity contribution in [2.75, 3.05) is 6.54 Å². The Morgan fingerprint density at radius 1 is 1.37 bits per heavy atom. The van der Waals surface area contributed by atoms with Crippen LogP contribution in [0.1, 0.15) is 18.3 Å². The molecule has 19 heavy (non-hydrogen) atoms. The van der Waals surface area contributed by atoms with Crippen molar-refractivity contribution < 1.29 is 5.11 Å². The Labute approximate surface area is 113 Å². The SMILES string of the molecule is CC(O)C(CN)(Cc1ncnn1C)c1ccccc1. The van der Waals surface area contributed by atoms with E-state index in [4.69, 9.17) is 5.73 Å². The van der Waals surface area contributed by atoms with Gasteiger partial charge in [0.05, 0.1) is 6.10 Å². The van der Waals surface area contributed by atoms with Gasteiger partial charge in [-0.15, -0.1) is 0 Å². The average Bonchev–Trinajstić information content (AvgIpc) is 2.82. The molecule has 0 saturated carbocycles. The highest BCUT2D eigenvalue weighted by Crippen LogP contribution is 2.30. The third kappa shape index (κ3) is 2.52. The molecule has 0 fully saturated rings. The van der Waals surface area contributed by atoms with Gasteiger partial charge >= 0.3 is 0 Å². The topological polar surface area (TPSA) is 77.0 Å². The molecular weight excluding hydrogens is 240 g/mol. The number of hydrogen-bond donors (Lipinski definition) is 2. The molecule has 0 aliphatic carbocycles. The van der Waals surface area contributed by atoms with Crippen molar-refractivity contribution in [1.29, 1.82) is 0 Å². The Kier molecular flexibility index (Phi) is 3.97. The Hall–Kier alpha value is -1.72. The van der Waals surface area contributed by atoms with Crippen LogP contribution in [-0.2, 0) is 18.9 Å². The molecule has 0 aliphatic rings. The zero-order valence-corrected chi connectivity index (χ0v) is 11.3. The predicted octanol–water partition coefficient (Wildman–Crippen LogP) is 0.635. The van der Waals surface area contributed by atoms with Crippen LogP contribution in [0.3, 0.4) is 0 Å². The first-order chi connectivity index (χ1) is 9.10. The largest absolute Gasteiger partial charge is 0.392 e. The lowest BCUT2D eigenvalue weighted by molar-refractivity contribution is 0.0981. The molecule has 0 spiro atoms. The average molecular weight is 260 g/mol. The van der Waals surface area contributed by atoms with Crippen molar-refractivity contribution in [3.63, 3.8) is 0 Å². The zero-order valence-electron chi connectivity index (χ0n) is 11.3. The summed E-state index contributed by atoms with van der Waals surface area (Å²) in [5.74, 6) is 0.815. The summed E-state index contributed by atoms with van der Waals surface area (Å²) in [4.78, 5) is 4.24. The van der Waals surface area contributed by atoms with E-state index in [1.54, 1.807) is 11.6 Å². The van der Waals surface area contributed by atoms with Gasteiger partial charge in [-0.3, -0.25) is 4.68 Å². The van der Waals surface area contributed by atoms with E-state index >= 15 is 0 Å². The fraction of sp³-hybridized carbons (Fsp3) is 0.429. The smallest absolute Gasteiger partial charge is 0.138 e. The van der Waals surface area contributed by atoms with E-state index in [0.29, 0.717) is 13.0 Å². The van der Waals surface area contributed by atoms with Crippen LogP contribution in [0.15, 0.2) is 36.7 Å². The number of rotatable bonds is 5. The molecule has 3 N–H and O–H groups in total. The van der Waals surface area contributed by atoms with Crippen molar-refractivity contribution >= 4 is 0 Å². The molecule has 0 radical (unpaired) electrons. The molecule has 0 bridgehead atoms. The standard InChI is InChI=1S/C14H20N4O/c1-11(19)14(9-15,12-6-4-3-5-7-12)8-13-16-10-17-18(13)2/h3-7,10-11,19H,8-9,15H2,1-2H3. The summed E-state index contributed by atoms with van der Waals surface area (Å²) in [6, 6.07) is 9.86. The zero-order chi connectivity index (χ0) is 13.9. The number of aliphatic hydroxyl groups is 1. The van der Waals surface area contributed by atoms with Crippen LogP contribution in [0.2, 0.25) is 0 Å². The first-order valence-corrected chi connectivity index (χ1v) is 6.36. The van der Waals surface area contributed by atoms with Crippen molar-refractivity contribution in [2.24, 2.45) is 12.8 Å². The molecule has 5 nitrogen and oxygen atoms in total. The summed E-state index contributed by atoms with van der Waals surface area (Å²) in [7, 11) is 1.84. The maximum atomic E-state index is 10.3. The van der Waals surface area contributed by atoms with E-state index in [0.717, 1.165) is 11.4 Å². The van der Waals surface area contributed by atoms with Gasteiger partial charge in [0.25, 0.3) is 0 Å². The van der Waals surface area contributed by atoms with Crippen LogP contribution in [0, 0.1) is 0 Å². The number of hydrogen-bond acceptors (Lipinski definition) is 4. The number of aromatic nitrogens is 3. The van der Waals surface area contributed by atoms with Crippen LogP contribution >= 0.6 is 0 Å². The van der Waals surface area contributed by atoms with Crippen molar-refractivity contribution in [3.8, 4) is 0 Å². The molecule has 0 saturated heterocycles. The van der Waals surface area contributed by atoms with E-state index in [9.17, 15) is 5.11 Å². The second kappa shape index (κ2) is 5.50. The van der Waals surface area contributed by atoms with E-state index in [1.165, 1.54) is 6.33 Å². The van der Waals surface area contributed by atoms with E-state index in [1.807, 2.05) is 37.4 Å². The van der Waals surface area contributed by atoms with Crippen molar-refractivity contribution in [1.82, 2.24) is 14.8 Å². The first-order valence-electron chi connectivity index (χ1n) is 6.36. The molecule has 1 aromatic heterocycles. The van der Waals surface area contributed by atoms with Gasteiger partial charge in [-0.25, -0.2) is 4.98 Å². The van der Waals surface area contributed by atoms with Gasteiger partial charge in [-0.05, 0) is 12.5 Å². The third-order valence-corrected chi connectivity index (χ3v) is 3.79. The first kappa shape index (κ1) is 13.7. The quantitative estimate of drug-likeness (QED) is 0.827. The Balaban J connectivity index is 2.43. The molecule has 5 heteroatoms. The van der Waals surface area contributed by atoms with E-state index in [-0.39, 0.29) is 0 Å². The van der Waals surface area contributed by atoms with Gasteiger partial charge in [0, 0.05) is 25.4 Å². The lowest BCUT2D eigenvalue weighted by Crippen LogP contribution is -2.47. The molecule has 2 unspecified atom stereocenters. The number of nitrogens with zero attached hydrogens (tertiary/aromatic N) is 3. The van der Waals surface area contributed by atoms with Crippen LogP contribution in [0.4, 0.5) is 0 Å². The van der Waals surface area contributed by atoms with Crippen molar-refractivity contribution in [3.05, 3.63) is 48.0 Å². The van der Waals surface area contributed by atoms with Gasteiger partial charge < -0.3 is 10.8 Å². The number of benzene rings is 1. The summed E-state index contributed by atoms with van der Waals surface area (Å²) >= 11 is 0. The summed E-state index contributed by atoms with van der Waals surface area (Å²) in [6.45, 7) is 2.12. The second-order valence-electron chi connectivity index (χ2n) is 4.88. The predicted molar refractivity (Wildman–Crippen MR) is 73.6 cm³/mol. The Morgan fingerprint density at radius 2 is 2.05 bits per heavy atom. The van der Waals surface area contributed by atoms with Gasteiger partial charge in [-0.1, -0.05) is 30.3 Å². The van der Waals surface area contributed by atoms with Gasteiger partial charge in [0.1, 0.15) is 12.2 Å². The second-order valence-corrected chi connectivity index (χ2v) is 4.88. The summed E-state index contributed by atoms with van der Waals surface area (Å²) in [5.41, 5.74) is 6.47. The highest BCUT2D eigenvalue weighted by Gasteiger charge is 2.37. The van der Waals surface area contributed by atoms with E-state index < -0.39 is 11.5 Å². The number of nitrogens with two attached hydrogens (primary N) is 1. The van der Waals surface area contributed by atoms with E-state index in [2.05, 4.69) is 10.1 Å². The molecular formula is C14H20N4O. The molecule has 2 aromatic rings. The molecule has 1 heterocycles. The molecule has 0 aliphatic heterocycles. The van der Waals surface area contributed by atoms with Crippen LogP contribution in [0.25, 0.3) is 0 Å². The normalized spacial score (nSPS) is 16.0. The van der Waals surface area contributed by atoms with Crippen LogP contribution in [0.5, 0.6) is 0 Å². The Bertz CT molecular complexity index is 523. The highest BCUT2D eigenvalue weighted by atomic mass is 16.3. The van der Waals surface area contributed by atoms with Gasteiger partial charge in [0.15, 0.2) is 0 Å². The fourth-order valence-corrected chi connectivity index (χ4v) is 2.38. The molecule has 102 valence electrons. The lowest BCUT2D eigenvalue weighted by atomic mass is 9.73. The third-order valence-electron chi connectivity index (χ3n) is 3.79. The lowest BCUT2D eigenvalue weighted by Gasteiger charge is -2.35. The minimum Gasteiger partial charge on any atom is -0.392 e. The molecule has 2 rings (SSSR count). The summed E-state index contributed by atoms with van der Waals surface area (Å²) < 4.78 is 1.72. The maximum Gasteiger partial charge on any atom is 0.138 e. The monoisotopic (exact) mass is 260 g/mol. The minimum absolute atomic E-state index is 0.349. The molecule has 1 aromatic carbocycles. The van der Waals surface area contributed by atoms with Crippen molar-refractivity contribution in [2.45, 2.75) is 24.9 Å².